The minimum atomic E-state index is 0.415. The van der Waals surface area contributed by atoms with Gasteiger partial charge in [0.25, 0.3) is 0 Å². The Kier molecular flexibility index (Phi) is 2.82. The molecule has 74 valence electrons. The standard InChI is InChI=1S/C12H16N2/c1-2-3-8-12-13-9-11(14-12)10-6-4-5-7-10/h4-7,9-10H,2-3,8H2,1H3,(H,13,14). The van der Waals surface area contributed by atoms with Gasteiger partial charge in [0.15, 0.2) is 0 Å². The van der Waals surface area contributed by atoms with Gasteiger partial charge in [-0.15, -0.1) is 0 Å². The number of nitrogens with one attached hydrogen (secondary N) is 1. The number of allylic oxidation sites excluding steroid dienone is 4. The topological polar surface area (TPSA) is 28.7 Å². The van der Waals surface area contributed by atoms with Crippen LogP contribution in [0.25, 0.3) is 0 Å². The number of imidazole rings is 1. The first-order valence-corrected chi connectivity index (χ1v) is 5.29. The van der Waals surface area contributed by atoms with Crippen molar-refractivity contribution >= 4 is 0 Å². The summed E-state index contributed by atoms with van der Waals surface area (Å²) in [6.45, 7) is 2.20. The molecule has 0 spiro atoms. The number of H-pyrrole nitrogens is 1. The Morgan fingerprint density at radius 1 is 1.36 bits per heavy atom. The van der Waals surface area contributed by atoms with Gasteiger partial charge in [0.05, 0.1) is 0 Å². The van der Waals surface area contributed by atoms with Crippen LogP contribution < -0.4 is 0 Å². The average molecular weight is 188 g/mol. The molecule has 2 rings (SSSR count). The maximum Gasteiger partial charge on any atom is 0.106 e. The summed E-state index contributed by atoms with van der Waals surface area (Å²) >= 11 is 0. The van der Waals surface area contributed by atoms with Gasteiger partial charge < -0.3 is 4.98 Å². The predicted molar refractivity (Wildman–Crippen MR) is 58.2 cm³/mol. The molecule has 0 aromatic carbocycles. The number of unbranched alkanes of at least 4 members (excludes halogenated alkanes) is 1. The molecule has 1 heterocycles. The summed E-state index contributed by atoms with van der Waals surface area (Å²) in [5.41, 5.74) is 1.21. The van der Waals surface area contributed by atoms with Crippen molar-refractivity contribution in [2.45, 2.75) is 32.1 Å². The van der Waals surface area contributed by atoms with Gasteiger partial charge in [-0.25, -0.2) is 4.98 Å². The predicted octanol–water partition coefficient (Wildman–Crippen LogP) is 2.96. The lowest BCUT2D eigenvalue weighted by molar-refractivity contribution is 0.759. The molecule has 1 aliphatic carbocycles. The molecule has 0 atom stereocenters. The number of nitrogens with zero attached hydrogens (tertiary/aromatic N) is 1. The van der Waals surface area contributed by atoms with Crippen molar-refractivity contribution in [1.82, 2.24) is 9.97 Å². The Balaban J connectivity index is 2.02. The Morgan fingerprint density at radius 2 is 2.14 bits per heavy atom. The van der Waals surface area contributed by atoms with Crippen LogP contribution in [0, 0.1) is 0 Å². The van der Waals surface area contributed by atoms with E-state index in [1.807, 2.05) is 6.20 Å². The summed E-state index contributed by atoms with van der Waals surface area (Å²) in [6.07, 6.45) is 14.0. The molecule has 2 nitrogen and oxygen atoms in total. The van der Waals surface area contributed by atoms with Gasteiger partial charge >= 0.3 is 0 Å². The molecule has 14 heavy (non-hydrogen) atoms. The van der Waals surface area contributed by atoms with Gasteiger partial charge in [0.2, 0.25) is 0 Å². The van der Waals surface area contributed by atoms with Gasteiger partial charge in [-0.05, 0) is 6.42 Å². The summed E-state index contributed by atoms with van der Waals surface area (Å²) in [5.74, 6) is 1.54. The van der Waals surface area contributed by atoms with Gasteiger partial charge in [-0.1, -0.05) is 37.6 Å². The number of aromatic amines is 1. The smallest absolute Gasteiger partial charge is 0.106 e. The van der Waals surface area contributed by atoms with E-state index in [1.54, 1.807) is 0 Å². The van der Waals surface area contributed by atoms with Crippen LogP contribution in [0.3, 0.4) is 0 Å². The maximum atomic E-state index is 4.37. The van der Waals surface area contributed by atoms with Crippen molar-refractivity contribution in [1.29, 1.82) is 0 Å². The Bertz CT molecular complexity index is 335. The fourth-order valence-electron chi connectivity index (χ4n) is 1.66. The van der Waals surface area contributed by atoms with Crippen LogP contribution in [0.2, 0.25) is 0 Å². The molecule has 1 aromatic rings. The molecule has 1 aliphatic rings. The molecule has 0 unspecified atom stereocenters. The van der Waals surface area contributed by atoms with E-state index in [1.165, 1.54) is 18.5 Å². The van der Waals surface area contributed by atoms with Crippen molar-refractivity contribution in [3.8, 4) is 0 Å². The fourth-order valence-corrected chi connectivity index (χ4v) is 1.66. The summed E-state index contributed by atoms with van der Waals surface area (Å²) < 4.78 is 0. The molecular formula is C12H16N2. The molecular weight excluding hydrogens is 172 g/mol. The number of aryl methyl sites for hydroxylation is 1. The average Bonchev–Trinajstić information content (AvgIpc) is 2.85. The highest BCUT2D eigenvalue weighted by Crippen LogP contribution is 2.21. The fraction of sp³-hybridized carbons (Fsp3) is 0.417. The van der Waals surface area contributed by atoms with Crippen LogP contribution in [0.5, 0.6) is 0 Å². The van der Waals surface area contributed by atoms with E-state index in [9.17, 15) is 0 Å². The maximum absolute atomic E-state index is 4.37. The van der Waals surface area contributed by atoms with Crippen molar-refractivity contribution in [3.05, 3.63) is 42.0 Å². The third-order valence-corrected chi connectivity index (χ3v) is 2.52. The Hall–Kier alpha value is -1.31. The highest BCUT2D eigenvalue weighted by Gasteiger charge is 2.09. The zero-order chi connectivity index (χ0) is 9.80. The van der Waals surface area contributed by atoms with Crippen molar-refractivity contribution in [2.75, 3.05) is 0 Å². The summed E-state index contributed by atoms with van der Waals surface area (Å²) in [5, 5.41) is 0. The molecule has 0 amide bonds. The van der Waals surface area contributed by atoms with Gasteiger partial charge in [-0.3, -0.25) is 0 Å². The molecule has 0 aliphatic heterocycles. The lowest BCUT2D eigenvalue weighted by Gasteiger charge is -2.00. The van der Waals surface area contributed by atoms with Crippen LogP contribution in [0.15, 0.2) is 30.5 Å². The lowest BCUT2D eigenvalue weighted by Crippen LogP contribution is -1.91. The molecule has 1 N–H and O–H groups in total. The summed E-state index contributed by atoms with van der Waals surface area (Å²) in [4.78, 5) is 7.75. The summed E-state index contributed by atoms with van der Waals surface area (Å²) in [6, 6.07) is 0. The van der Waals surface area contributed by atoms with E-state index in [-0.39, 0.29) is 0 Å². The molecule has 0 fully saturated rings. The quantitative estimate of drug-likeness (QED) is 0.773. The first kappa shape index (κ1) is 9.25. The largest absolute Gasteiger partial charge is 0.345 e. The summed E-state index contributed by atoms with van der Waals surface area (Å²) in [7, 11) is 0. The monoisotopic (exact) mass is 188 g/mol. The zero-order valence-corrected chi connectivity index (χ0v) is 8.53. The van der Waals surface area contributed by atoms with Crippen LogP contribution in [0.4, 0.5) is 0 Å². The minimum absolute atomic E-state index is 0.415. The number of rotatable bonds is 4. The number of hydrogen-bond donors (Lipinski definition) is 1. The first-order chi connectivity index (χ1) is 6.90. The van der Waals surface area contributed by atoms with E-state index in [0.29, 0.717) is 5.92 Å². The second-order valence-electron chi connectivity index (χ2n) is 3.68. The Labute approximate surface area is 84.8 Å². The van der Waals surface area contributed by atoms with E-state index in [4.69, 9.17) is 0 Å². The molecule has 0 radical (unpaired) electrons. The van der Waals surface area contributed by atoms with E-state index < -0.39 is 0 Å². The number of aromatic nitrogens is 2. The lowest BCUT2D eigenvalue weighted by atomic mass is 10.1. The molecule has 0 bridgehead atoms. The second-order valence-corrected chi connectivity index (χ2v) is 3.68. The van der Waals surface area contributed by atoms with Crippen molar-refractivity contribution < 1.29 is 0 Å². The normalized spacial score (nSPS) is 15.5. The number of hydrogen-bond acceptors (Lipinski definition) is 1. The minimum Gasteiger partial charge on any atom is -0.345 e. The van der Waals surface area contributed by atoms with Crippen LogP contribution in [-0.4, -0.2) is 9.97 Å². The molecule has 0 saturated carbocycles. The highest BCUT2D eigenvalue weighted by molar-refractivity contribution is 5.29. The molecule has 0 saturated heterocycles. The molecule has 2 heteroatoms. The van der Waals surface area contributed by atoms with Crippen molar-refractivity contribution in [3.63, 3.8) is 0 Å². The van der Waals surface area contributed by atoms with E-state index in [2.05, 4.69) is 41.2 Å². The van der Waals surface area contributed by atoms with E-state index in [0.717, 1.165) is 12.2 Å². The van der Waals surface area contributed by atoms with Gasteiger partial charge in [0, 0.05) is 24.2 Å². The Morgan fingerprint density at radius 3 is 2.86 bits per heavy atom. The van der Waals surface area contributed by atoms with Crippen molar-refractivity contribution in [2.24, 2.45) is 0 Å². The van der Waals surface area contributed by atoms with Crippen LogP contribution in [-0.2, 0) is 6.42 Å². The van der Waals surface area contributed by atoms with Crippen LogP contribution in [0.1, 0.15) is 37.2 Å². The zero-order valence-electron chi connectivity index (χ0n) is 8.53. The third-order valence-electron chi connectivity index (χ3n) is 2.52. The van der Waals surface area contributed by atoms with Gasteiger partial charge in [-0.2, -0.15) is 0 Å². The second kappa shape index (κ2) is 4.27. The van der Waals surface area contributed by atoms with Crippen LogP contribution >= 0.6 is 0 Å². The highest BCUT2D eigenvalue weighted by atomic mass is 14.9. The van der Waals surface area contributed by atoms with E-state index >= 15 is 0 Å². The van der Waals surface area contributed by atoms with Gasteiger partial charge in [0.1, 0.15) is 5.82 Å². The third kappa shape index (κ3) is 1.95. The first-order valence-electron chi connectivity index (χ1n) is 5.29. The SMILES string of the molecule is CCCCc1ncc(C2C=CC=C2)[nH]1. The molecule has 1 aromatic heterocycles.